The highest BCUT2D eigenvalue weighted by atomic mass is 32.2. The van der Waals surface area contributed by atoms with Crippen LogP contribution in [-0.4, -0.2) is 36.5 Å². The van der Waals surface area contributed by atoms with Crippen LogP contribution in [-0.2, 0) is 10.0 Å². The summed E-state index contributed by atoms with van der Waals surface area (Å²) >= 11 is 0. The van der Waals surface area contributed by atoms with Gasteiger partial charge in [-0.25, -0.2) is 8.42 Å². The zero-order valence-electron chi connectivity index (χ0n) is 11.4. The Morgan fingerprint density at radius 2 is 1.95 bits per heavy atom. The molecule has 0 radical (unpaired) electrons. The number of nitrogens with zero attached hydrogens (tertiary/aromatic N) is 1. The maximum atomic E-state index is 12.6. The second kappa shape index (κ2) is 5.61. The van der Waals surface area contributed by atoms with Crippen LogP contribution in [0.25, 0.3) is 0 Å². The average molecular weight is 283 g/mol. The number of aryl methyl sites for hydroxylation is 1. The molecule has 1 fully saturated rings. The van der Waals surface area contributed by atoms with Crippen molar-refractivity contribution in [3.8, 4) is 0 Å². The molecule has 1 aliphatic rings. The van der Waals surface area contributed by atoms with Gasteiger partial charge >= 0.3 is 0 Å². The highest BCUT2D eigenvalue weighted by Crippen LogP contribution is 2.28. The van der Waals surface area contributed by atoms with Crippen molar-refractivity contribution in [2.75, 3.05) is 6.54 Å². The molecular weight excluding hydrogens is 262 g/mol. The van der Waals surface area contributed by atoms with Gasteiger partial charge in [0.25, 0.3) is 0 Å². The number of hydrogen-bond donors (Lipinski definition) is 1. The van der Waals surface area contributed by atoms with Crippen LogP contribution in [0.4, 0.5) is 0 Å². The largest absolute Gasteiger partial charge is 0.391 e. The molecule has 106 valence electrons. The topological polar surface area (TPSA) is 57.6 Å². The van der Waals surface area contributed by atoms with Crippen LogP contribution in [0, 0.1) is 6.92 Å². The second-order valence-electron chi connectivity index (χ2n) is 5.14. The van der Waals surface area contributed by atoms with Gasteiger partial charge in [-0.1, -0.05) is 31.0 Å². The molecular formula is C14H21NO3S. The molecule has 2 rings (SSSR count). The van der Waals surface area contributed by atoms with Crippen molar-refractivity contribution in [3.63, 3.8) is 0 Å². The molecule has 1 N–H and O–H groups in total. The van der Waals surface area contributed by atoms with Gasteiger partial charge in [-0.3, -0.25) is 0 Å². The van der Waals surface area contributed by atoms with Gasteiger partial charge in [0, 0.05) is 6.54 Å². The summed E-state index contributed by atoms with van der Waals surface area (Å²) in [6.07, 6.45) is 1.55. The number of sulfonamides is 1. The maximum Gasteiger partial charge on any atom is 0.243 e. The van der Waals surface area contributed by atoms with E-state index in [1.807, 2.05) is 13.8 Å². The molecule has 0 spiro atoms. The van der Waals surface area contributed by atoms with Gasteiger partial charge in [0.15, 0.2) is 0 Å². The van der Waals surface area contributed by atoms with E-state index >= 15 is 0 Å². The second-order valence-corrected chi connectivity index (χ2v) is 7.03. The monoisotopic (exact) mass is 283 g/mol. The minimum Gasteiger partial charge on any atom is -0.391 e. The molecule has 5 heteroatoms. The molecule has 0 aliphatic carbocycles. The van der Waals surface area contributed by atoms with E-state index in [-0.39, 0.29) is 6.04 Å². The van der Waals surface area contributed by atoms with Crippen LogP contribution in [0.5, 0.6) is 0 Å². The summed E-state index contributed by atoms with van der Waals surface area (Å²) in [7, 11) is -3.49. The Balaban J connectivity index is 2.31. The summed E-state index contributed by atoms with van der Waals surface area (Å²) in [5, 5.41) is 9.94. The SMILES string of the molecule is CCC[C@@H]1[C@@H](O)CCN1S(=O)(=O)c1ccc(C)cc1. The maximum absolute atomic E-state index is 12.6. The minimum absolute atomic E-state index is 0.281. The predicted octanol–water partition coefficient (Wildman–Crippen LogP) is 1.92. The minimum atomic E-state index is -3.49. The smallest absolute Gasteiger partial charge is 0.243 e. The molecule has 1 heterocycles. The molecule has 1 aromatic rings. The first-order valence-electron chi connectivity index (χ1n) is 6.73. The van der Waals surface area contributed by atoms with E-state index in [2.05, 4.69) is 0 Å². The molecule has 1 saturated heterocycles. The number of hydrogen-bond acceptors (Lipinski definition) is 3. The Hall–Kier alpha value is -0.910. The molecule has 19 heavy (non-hydrogen) atoms. The lowest BCUT2D eigenvalue weighted by atomic mass is 10.1. The average Bonchev–Trinajstić information content (AvgIpc) is 2.73. The fraction of sp³-hybridized carbons (Fsp3) is 0.571. The van der Waals surface area contributed by atoms with E-state index in [9.17, 15) is 13.5 Å². The Bertz CT molecular complexity index is 524. The van der Waals surface area contributed by atoms with Crippen LogP contribution in [0.2, 0.25) is 0 Å². The third kappa shape index (κ3) is 2.83. The van der Waals surface area contributed by atoms with Gasteiger partial charge in [0.2, 0.25) is 10.0 Å². The fourth-order valence-electron chi connectivity index (χ4n) is 2.59. The van der Waals surface area contributed by atoms with Crippen molar-refractivity contribution in [3.05, 3.63) is 29.8 Å². The van der Waals surface area contributed by atoms with Crippen molar-refractivity contribution in [1.29, 1.82) is 0 Å². The molecule has 0 unspecified atom stereocenters. The van der Waals surface area contributed by atoms with E-state index in [1.165, 1.54) is 4.31 Å². The summed E-state index contributed by atoms with van der Waals surface area (Å²) in [4.78, 5) is 0.313. The Labute approximate surface area is 115 Å². The molecule has 2 atom stereocenters. The van der Waals surface area contributed by atoms with Gasteiger partial charge in [-0.05, 0) is 31.9 Å². The lowest BCUT2D eigenvalue weighted by Gasteiger charge is -2.25. The Kier molecular flexibility index (Phi) is 4.28. The number of benzene rings is 1. The molecule has 0 aromatic heterocycles. The van der Waals surface area contributed by atoms with Crippen molar-refractivity contribution in [2.45, 2.75) is 50.2 Å². The van der Waals surface area contributed by atoms with Gasteiger partial charge < -0.3 is 5.11 Å². The van der Waals surface area contributed by atoms with Gasteiger partial charge in [0.05, 0.1) is 17.0 Å². The van der Waals surface area contributed by atoms with Gasteiger partial charge in [-0.2, -0.15) is 4.31 Å². The standard InChI is InChI=1S/C14H21NO3S/c1-3-4-13-14(16)9-10-15(13)19(17,18)12-7-5-11(2)6-8-12/h5-8,13-14,16H,3-4,9-10H2,1-2H3/t13-,14+/m1/s1. The van der Waals surface area contributed by atoms with Crippen molar-refractivity contribution < 1.29 is 13.5 Å². The molecule has 0 amide bonds. The van der Waals surface area contributed by atoms with E-state index < -0.39 is 16.1 Å². The number of rotatable bonds is 4. The number of aliphatic hydroxyl groups is 1. The van der Waals surface area contributed by atoms with Gasteiger partial charge in [0.1, 0.15) is 0 Å². The fourth-order valence-corrected chi connectivity index (χ4v) is 4.28. The highest BCUT2D eigenvalue weighted by Gasteiger charge is 2.40. The summed E-state index contributed by atoms with van der Waals surface area (Å²) in [5.41, 5.74) is 1.03. The Morgan fingerprint density at radius 1 is 1.32 bits per heavy atom. The molecule has 1 aromatic carbocycles. The molecule has 1 aliphatic heterocycles. The summed E-state index contributed by atoms with van der Waals surface area (Å²) in [5.74, 6) is 0. The molecule has 4 nitrogen and oxygen atoms in total. The van der Waals surface area contributed by atoms with E-state index in [1.54, 1.807) is 24.3 Å². The lowest BCUT2D eigenvalue weighted by Crippen LogP contribution is -2.39. The number of aliphatic hydroxyl groups excluding tert-OH is 1. The predicted molar refractivity (Wildman–Crippen MR) is 74.4 cm³/mol. The quantitative estimate of drug-likeness (QED) is 0.918. The molecule has 0 bridgehead atoms. The Morgan fingerprint density at radius 3 is 2.53 bits per heavy atom. The normalized spacial score (nSPS) is 24.8. The van der Waals surface area contributed by atoms with Gasteiger partial charge in [-0.15, -0.1) is 0 Å². The van der Waals surface area contributed by atoms with Crippen LogP contribution < -0.4 is 0 Å². The zero-order valence-corrected chi connectivity index (χ0v) is 12.2. The summed E-state index contributed by atoms with van der Waals surface area (Å²) in [6, 6.07) is 6.59. The van der Waals surface area contributed by atoms with Crippen LogP contribution in [0.1, 0.15) is 31.7 Å². The first-order chi connectivity index (χ1) is 8.96. The van der Waals surface area contributed by atoms with Crippen LogP contribution in [0.15, 0.2) is 29.2 Å². The first-order valence-corrected chi connectivity index (χ1v) is 8.17. The van der Waals surface area contributed by atoms with E-state index in [0.717, 1.165) is 12.0 Å². The van der Waals surface area contributed by atoms with E-state index in [0.29, 0.717) is 24.3 Å². The summed E-state index contributed by atoms with van der Waals surface area (Å²) in [6.45, 7) is 4.33. The first kappa shape index (κ1) is 14.5. The lowest BCUT2D eigenvalue weighted by molar-refractivity contribution is 0.136. The van der Waals surface area contributed by atoms with Crippen molar-refractivity contribution in [2.24, 2.45) is 0 Å². The molecule has 0 saturated carbocycles. The third-order valence-corrected chi connectivity index (χ3v) is 5.61. The van der Waals surface area contributed by atoms with E-state index in [4.69, 9.17) is 0 Å². The third-order valence-electron chi connectivity index (χ3n) is 3.67. The zero-order chi connectivity index (χ0) is 14.0. The van der Waals surface area contributed by atoms with Crippen molar-refractivity contribution in [1.82, 2.24) is 4.31 Å². The summed E-state index contributed by atoms with van der Waals surface area (Å²) < 4.78 is 26.6. The van der Waals surface area contributed by atoms with Crippen molar-refractivity contribution >= 4 is 10.0 Å². The van der Waals surface area contributed by atoms with Crippen LogP contribution >= 0.6 is 0 Å². The van der Waals surface area contributed by atoms with Crippen LogP contribution in [0.3, 0.4) is 0 Å². The highest BCUT2D eigenvalue weighted by molar-refractivity contribution is 7.89.